The fraction of sp³-hybridized carbons (Fsp3) is 0.632. The van der Waals surface area contributed by atoms with Gasteiger partial charge in [-0.25, -0.2) is 0 Å². The molecule has 0 bridgehead atoms. The Morgan fingerprint density at radius 3 is 2.61 bits per heavy atom. The summed E-state index contributed by atoms with van der Waals surface area (Å²) in [6.07, 6.45) is 6.66. The number of hydrogen-bond donors (Lipinski definition) is 0. The number of ether oxygens (including phenoxy) is 2. The molecule has 2 heterocycles. The van der Waals surface area contributed by atoms with Crippen LogP contribution in [0.4, 0.5) is 0 Å². The molecule has 2 saturated heterocycles. The standard InChI is InChI=1S/C19H23NO3/c21-18-17-19(23-17,14-6-2-1-3-7-14)22-16-9-5-4-8-15(16)20(18)12-13-10-11-13/h1-3,6-7,13,15-17H,4-5,8-12H2/t15-,16-,17-,19-/m0/s1. The average molecular weight is 313 g/mol. The van der Waals surface area contributed by atoms with Crippen LogP contribution in [0.25, 0.3) is 0 Å². The van der Waals surface area contributed by atoms with Gasteiger partial charge < -0.3 is 14.4 Å². The molecule has 2 aliphatic heterocycles. The number of carbonyl (C=O) groups excluding carboxylic acids is 1. The molecular weight excluding hydrogens is 290 g/mol. The second kappa shape index (κ2) is 5.05. The minimum absolute atomic E-state index is 0.110. The van der Waals surface area contributed by atoms with Gasteiger partial charge in [0.15, 0.2) is 6.10 Å². The van der Waals surface area contributed by atoms with Gasteiger partial charge in [0.05, 0.1) is 12.1 Å². The fourth-order valence-corrected chi connectivity index (χ4v) is 4.32. The molecule has 1 aromatic rings. The van der Waals surface area contributed by atoms with E-state index in [9.17, 15) is 4.79 Å². The highest BCUT2D eigenvalue weighted by Crippen LogP contribution is 2.53. The highest BCUT2D eigenvalue weighted by molar-refractivity contribution is 5.85. The van der Waals surface area contributed by atoms with Crippen LogP contribution in [0.2, 0.25) is 0 Å². The van der Waals surface area contributed by atoms with E-state index in [4.69, 9.17) is 9.47 Å². The van der Waals surface area contributed by atoms with Gasteiger partial charge in [-0.1, -0.05) is 43.2 Å². The summed E-state index contributed by atoms with van der Waals surface area (Å²) in [6.45, 7) is 0.897. The van der Waals surface area contributed by atoms with E-state index >= 15 is 0 Å². The first-order chi connectivity index (χ1) is 11.3. The van der Waals surface area contributed by atoms with Gasteiger partial charge in [0.1, 0.15) is 0 Å². The smallest absolute Gasteiger partial charge is 0.258 e. The van der Waals surface area contributed by atoms with Gasteiger partial charge in [-0.15, -0.1) is 0 Å². The maximum atomic E-state index is 13.1. The van der Waals surface area contributed by atoms with E-state index in [-0.39, 0.29) is 18.1 Å². The first kappa shape index (κ1) is 14.0. The lowest BCUT2D eigenvalue weighted by atomic mass is 9.91. The Balaban J connectivity index is 1.50. The number of carbonyl (C=O) groups is 1. The zero-order valence-electron chi connectivity index (χ0n) is 13.3. The normalized spacial score (nSPS) is 39.4. The van der Waals surface area contributed by atoms with Crippen LogP contribution in [-0.2, 0) is 20.1 Å². The van der Waals surface area contributed by atoms with Gasteiger partial charge in [0, 0.05) is 12.1 Å². The third-order valence-electron chi connectivity index (χ3n) is 5.81. The van der Waals surface area contributed by atoms with Crippen molar-refractivity contribution in [2.24, 2.45) is 5.92 Å². The van der Waals surface area contributed by atoms with Crippen molar-refractivity contribution in [3.05, 3.63) is 35.9 Å². The number of rotatable bonds is 3. The van der Waals surface area contributed by atoms with E-state index in [0.717, 1.165) is 24.9 Å². The van der Waals surface area contributed by atoms with Crippen LogP contribution in [0.5, 0.6) is 0 Å². The van der Waals surface area contributed by atoms with Gasteiger partial charge in [0.2, 0.25) is 5.79 Å². The van der Waals surface area contributed by atoms with Crippen molar-refractivity contribution < 1.29 is 14.3 Å². The molecule has 4 atom stereocenters. The van der Waals surface area contributed by atoms with Crippen molar-refractivity contribution in [1.29, 1.82) is 0 Å². The van der Waals surface area contributed by atoms with E-state index in [1.165, 1.54) is 25.7 Å². The van der Waals surface area contributed by atoms with Crippen molar-refractivity contribution in [3.8, 4) is 0 Å². The van der Waals surface area contributed by atoms with Crippen LogP contribution in [0.3, 0.4) is 0 Å². The lowest BCUT2D eigenvalue weighted by molar-refractivity contribution is -0.148. The van der Waals surface area contributed by atoms with Crippen molar-refractivity contribution in [2.45, 2.75) is 62.6 Å². The molecule has 4 fully saturated rings. The lowest BCUT2D eigenvalue weighted by Gasteiger charge is -2.38. The molecule has 0 aromatic heterocycles. The summed E-state index contributed by atoms with van der Waals surface area (Å²) >= 11 is 0. The van der Waals surface area contributed by atoms with Crippen molar-refractivity contribution in [2.75, 3.05) is 6.54 Å². The molecule has 4 heteroatoms. The fourth-order valence-electron chi connectivity index (χ4n) is 4.32. The first-order valence-electron chi connectivity index (χ1n) is 8.99. The van der Waals surface area contributed by atoms with Gasteiger partial charge in [-0.2, -0.15) is 0 Å². The summed E-state index contributed by atoms with van der Waals surface area (Å²) in [6, 6.07) is 10.2. The number of hydrogen-bond acceptors (Lipinski definition) is 3. The number of nitrogens with zero attached hydrogens (tertiary/aromatic N) is 1. The van der Waals surface area contributed by atoms with E-state index in [1.807, 2.05) is 30.3 Å². The lowest BCUT2D eigenvalue weighted by Crippen LogP contribution is -2.49. The average Bonchev–Trinajstić information content (AvgIpc) is 3.49. The number of epoxide rings is 1. The van der Waals surface area contributed by atoms with E-state index in [1.54, 1.807) is 0 Å². The van der Waals surface area contributed by atoms with Gasteiger partial charge in [-0.05, 0) is 31.6 Å². The third kappa shape index (κ3) is 2.23. The van der Waals surface area contributed by atoms with Crippen LogP contribution in [0.1, 0.15) is 44.1 Å². The van der Waals surface area contributed by atoms with Gasteiger partial charge in [-0.3, -0.25) is 4.79 Å². The maximum absolute atomic E-state index is 13.1. The molecule has 0 radical (unpaired) electrons. The summed E-state index contributed by atoms with van der Waals surface area (Å²) in [4.78, 5) is 15.2. The second-order valence-electron chi connectivity index (χ2n) is 7.47. The zero-order valence-corrected chi connectivity index (χ0v) is 13.3. The molecule has 2 aliphatic carbocycles. The minimum atomic E-state index is -0.823. The summed E-state index contributed by atoms with van der Waals surface area (Å²) in [5.41, 5.74) is 0.982. The minimum Gasteiger partial charge on any atom is -0.338 e. The van der Waals surface area contributed by atoms with Crippen LogP contribution in [0.15, 0.2) is 30.3 Å². The Labute approximate surface area is 136 Å². The molecule has 122 valence electrons. The molecule has 2 saturated carbocycles. The third-order valence-corrected chi connectivity index (χ3v) is 5.81. The van der Waals surface area contributed by atoms with Crippen LogP contribution in [0, 0.1) is 5.92 Å². The van der Waals surface area contributed by atoms with Gasteiger partial charge >= 0.3 is 0 Å². The summed E-state index contributed by atoms with van der Waals surface area (Å²) < 4.78 is 12.4. The zero-order chi connectivity index (χ0) is 15.4. The SMILES string of the molecule is O=C1[C@@H]2O[C@]2(c2ccccc2)O[C@H]2CCCC[C@@H]2N1CC1CC1. The molecule has 5 rings (SSSR count). The highest BCUT2D eigenvalue weighted by Gasteiger charge is 2.68. The molecule has 4 aliphatic rings. The Morgan fingerprint density at radius 2 is 1.83 bits per heavy atom. The predicted octanol–water partition coefficient (Wildman–Crippen LogP) is 2.82. The largest absolute Gasteiger partial charge is 0.338 e. The number of fused-ring (bicyclic) bond motifs is 2. The molecule has 4 nitrogen and oxygen atoms in total. The van der Waals surface area contributed by atoms with E-state index in [2.05, 4.69) is 4.90 Å². The Kier molecular flexibility index (Phi) is 3.07. The van der Waals surface area contributed by atoms with Crippen molar-refractivity contribution in [1.82, 2.24) is 4.90 Å². The molecule has 1 aromatic carbocycles. The maximum Gasteiger partial charge on any atom is 0.258 e. The van der Waals surface area contributed by atoms with Crippen molar-refractivity contribution >= 4 is 5.91 Å². The van der Waals surface area contributed by atoms with E-state index in [0.29, 0.717) is 5.92 Å². The Bertz CT molecular complexity index is 614. The van der Waals surface area contributed by atoms with Crippen LogP contribution in [-0.4, -0.2) is 35.6 Å². The summed E-state index contributed by atoms with van der Waals surface area (Å²) in [5, 5.41) is 0. The molecule has 0 N–H and O–H groups in total. The van der Waals surface area contributed by atoms with Crippen LogP contribution < -0.4 is 0 Å². The molecule has 0 spiro atoms. The highest BCUT2D eigenvalue weighted by atomic mass is 16.8. The van der Waals surface area contributed by atoms with Gasteiger partial charge in [0.25, 0.3) is 5.91 Å². The van der Waals surface area contributed by atoms with E-state index < -0.39 is 11.9 Å². The molecular formula is C19H23NO3. The predicted molar refractivity (Wildman–Crippen MR) is 84.6 cm³/mol. The Morgan fingerprint density at radius 1 is 1.04 bits per heavy atom. The topological polar surface area (TPSA) is 42.1 Å². The first-order valence-corrected chi connectivity index (χ1v) is 8.99. The Hall–Kier alpha value is -1.39. The number of amides is 1. The summed E-state index contributed by atoms with van der Waals surface area (Å²) in [7, 11) is 0. The van der Waals surface area contributed by atoms with Crippen LogP contribution >= 0.6 is 0 Å². The summed E-state index contributed by atoms with van der Waals surface area (Å²) in [5.74, 6) is 0.0244. The quantitative estimate of drug-likeness (QED) is 0.806. The molecule has 0 unspecified atom stereocenters. The second-order valence-corrected chi connectivity index (χ2v) is 7.47. The van der Waals surface area contributed by atoms with Crippen molar-refractivity contribution in [3.63, 3.8) is 0 Å². The molecule has 1 amide bonds. The monoisotopic (exact) mass is 313 g/mol. The number of benzene rings is 1. The molecule has 23 heavy (non-hydrogen) atoms.